The summed E-state index contributed by atoms with van der Waals surface area (Å²) in [6, 6.07) is 0. The zero-order valence-electron chi connectivity index (χ0n) is 36.3. The van der Waals surface area contributed by atoms with E-state index in [1.165, 1.54) is 70.6 Å². The SMILES string of the molecule is CC/C=C\C/C=C\C/C=C\CCCCCCCC(=O)O[C@H](COC(=O)CCCCCCCCCCCCCCCCC)COP(=O)(O)OC1C(O)C(O)C(O)[C@@H](O)C1O. The first-order valence-electron chi connectivity index (χ1n) is 22.8. The second kappa shape index (κ2) is 35.6. The van der Waals surface area contributed by atoms with E-state index in [4.69, 9.17) is 18.5 Å². The average molecular weight is 861 g/mol. The lowest BCUT2D eigenvalue weighted by Gasteiger charge is -2.41. The van der Waals surface area contributed by atoms with Crippen LogP contribution in [0.3, 0.4) is 0 Å². The van der Waals surface area contributed by atoms with Crippen LogP contribution in [0.15, 0.2) is 36.5 Å². The summed E-state index contributed by atoms with van der Waals surface area (Å²) >= 11 is 0. The maximum absolute atomic E-state index is 12.8. The van der Waals surface area contributed by atoms with E-state index in [1.807, 2.05) is 0 Å². The molecule has 8 atom stereocenters. The van der Waals surface area contributed by atoms with Gasteiger partial charge >= 0.3 is 19.8 Å². The molecule has 0 heterocycles. The van der Waals surface area contributed by atoms with Crippen molar-refractivity contribution in [3.8, 4) is 0 Å². The van der Waals surface area contributed by atoms with E-state index >= 15 is 0 Å². The summed E-state index contributed by atoms with van der Waals surface area (Å²) in [7, 11) is -5.12. The van der Waals surface area contributed by atoms with Crippen molar-refractivity contribution in [2.45, 2.75) is 224 Å². The number of aliphatic hydroxyl groups excluding tert-OH is 5. The molecule has 1 rings (SSSR count). The van der Waals surface area contributed by atoms with Crippen molar-refractivity contribution >= 4 is 19.8 Å². The average Bonchev–Trinajstić information content (AvgIpc) is 3.21. The monoisotopic (exact) mass is 861 g/mol. The van der Waals surface area contributed by atoms with Crippen LogP contribution in [-0.2, 0) is 32.7 Å². The van der Waals surface area contributed by atoms with E-state index in [1.54, 1.807) is 0 Å². The molecule has 6 unspecified atom stereocenters. The standard InChI is InChI=1S/C45H81O13P/c1-3-5-7-9-11-13-15-17-19-21-23-25-27-29-31-33-38(46)55-35-37(36-56-59(53,54)58-45-43(51)41(49)40(48)42(50)44(45)52)57-39(47)34-32-30-28-26-24-22-20-18-16-14-12-10-8-6-4-2/h6,8,12,14,18,20,37,40-45,48-52H,3-5,7,9-11,13,15-17,19,21-36H2,1-2H3,(H,53,54)/b8-6-,14-12-,20-18-/t37-,40?,41-,42?,43?,44?,45?/m1/s1. The smallest absolute Gasteiger partial charge is 0.462 e. The molecule has 1 aliphatic rings. The molecule has 1 aliphatic carbocycles. The number of hydrogen-bond donors (Lipinski definition) is 6. The first-order valence-corrected chi connectivity index (χ1v) is 24.3. The third kappa shape index (κ3) is 28.3. The molecule has 1 saturated carbocycles. The van der Waals surface area contributed by atoms with Gasteiger partial charge in [-0.1, -0.05) is 159 Å². The van der Waals surface area contributed by atoms with Gasteiger partial charge in [0, 0.05) is 12.8 Å². The predicted octanol–water partition coefficient (Wildman–Crippen LogP) is 8.61. The molecule has 6 N–H and O–H groups in total. The Kier molecular flexibility index (Phi) is 33.3. The Balaban J connectivity index is 2.47. The van der Waals surface area contributed by atoms with Crippen LogP contribution in [0.4, 0.5) is 0 Å². The molecule has 0 aromatic heterocycles. The second-order valence-electron chi connectivity index (χ2n) is 15.9. The quantitative estimate of drug-likeness (QED) is 0.0150. The fraction of sp³-hybridized carbons (Fsp3) is 0.822. The molecule has 0 saturated heterocycles. The van der Waals surface area contributed by atoms with E-state index in [2.05, 4.69) is 50.3 Å². The summed E-state index contributed by atoms with van der Waals surface area (Å²) in [5, 5.41) is 50.1. The maximum atomic E-state index is 12.8. The van der Waals surface area contributed by atoms with E-state index in [-0.39, 0.29) is 12.8 Å². The van der Waals surface area contributed by atoms with Crippen LogP contribution in [0.1, 0.15) is 181 Å². The van der Waals surface area contributed by atoms with Crippen LogP contribution in [0.25, 0.3) is 0 Å². The highest BCUT2D eigenvalue weighted by atomic mass is 31.2. The van der Waals surface area contributed by atoms with Gasteiger partial charge in [0.1, 0.15) is 43.2 Å². The Morgan fingerprint density at radius 2 is 0.966 bits per heavy atom. The number of ether oxygens (including phenoxy) is 2. The normalized spacial score (nSPS) is 22.6. The van der Waals surface area contributed by atoms with E-state index in [0.717, 1.165) is 70.6 Å². The van der Waals surface area contributed by atoms with Gasteiger partial charge in [-0.3, -0.25) is 18.6 Å². The lowest BCUT2D eigenvalue weighted by Crippen LogP contribution is -2.64. The Hall–Kier alpha value is -1.93. The van der Waals surface area contributed by atoms with Gasteiger partial charge in [-0.15, -0.1) is 0 Å². The van der Waals surface area contributed by atoms with Crippen molar-refractivity contribution < 1.29 is 63.1 Å². The molecule has 0 amide bonds. The molecular weight excluding hydrogens is 779 g/mol. The van der Waals surface area contributed by atoms with Gasteiger partial charge in [-0.05, 0) is 44.9 Å². The molecule has 1 fully saturated rings. The largest absolute Gasteiger partial charge is 0.472 e. The van der Waals surface area contributed by atoms with Crippen molar-refractivity contribution in [2.75, 3.05) is 13.2 Å². The number of aliphatic hydroxyl groups is 5. The van der Waals surface area contributed by atoms with Gasteiger partial charge in [-0.25, -0.2) is 4.57 Å². The van der Waals surface area contributed by atoms with Gasteiger partial charge in [0.2, 0.25) is 0 Å². The number of hydrogen-bond acceptors (Lipinski definition) is 12. The molecule has 13 nitrogen and oxygen atoms in total. The molecule has 0 aliphatic heterocycles. The lowest BCUT2D eigenvalue weighted by molar-refractivity contribution is -0.220. The van der Waals surface area contributed by atoms with Crippen molar-refractivity contribution in [3.63, 3.8) is 0 Å². The zero-order chi connectivity index (χ0) is 43.6. The minimum atomic E-state index is -5.12. The van der Waals surface area contributed by atoms with E-state index in [9.17, 15) is 44.6 Å². The van der Waals surface area contributed by atoms with E-state index < -0.39 is 75.7 Å². The predicted molar refractivity (Wildman–Crippen MR) is 230 cm³/mol. The molecule has 0 aromatic rings. The summed E-state index contributed by atoms with van der Waals surface area (Å²) in [6.45, 7) is 3.17. The summed E-state index contributed by atoms with van der Waals surface area (Å²) < 4.78 is 33.5. The van der Waals surface area contributed by atoms with Gasteiger partial charge in [0.05, 0.1) is 6.61 Å². The van der Waals surface area contributed by atoms with Gasteiger partial charge in [0.15, 0.2) is 6.10 Å². The molecule has 0 aromatic carbocycles. The minimum absolute atomic E-state index is 0.0785. The number of allylic oxidation sites excluding steroid dienone is 6. The number of carbonyl (C=O) groups excluding carboxylic acids is 2. The molecule has 59 heavy (non-hydrogen) atoms. The third-order valence-corrected chi connectivity index (χ3v) is 11.5. The fourth-order valence-electron chi connectivity index (χ4n) is 6.83. The molecule has 0 bridgehead atoms. The van der Waals surface area contributed by atoms with Crippen molar-refractivity contribution in [1.82, 2.24) is 0 Å². The van der Waals surface area contributed by atoms with Crippen molar-refractivity contribution in [2.24, 2.45) is 0 Å². The highest BCUT2D eigenvalue weighted by molar-refractivity contribution is 7.47. The number of carbonyl (C=O) groups is 2. The molecular formula is C45H81O13P. The molecule has 0 spiro atoms. The van der Waals surface area contributed by atoms with E-state index in [0.29, 0.717) is 12.8 Å². The number of phosphoric acid groups is 1. The Labute approximate surface area is 355 Å². The number of rotatable bonds is 37. The summed E-state index contributed by atoms with van der Waals surface area (Å²) in [6.07, 6.45) is 26.3. The van der Waals surface area contributed by atoms with Crippen LogP contribution in [0, 0.1) is 0 Å². The number of unbranched alkanes of at least 4 members (excludes halogenated alkanes) is 19. The summed E-state index contributed by atoms with van der Waals surface area (Å²) in [4.78, 5) is 35.7. The topological polar surface area (TPSA) is 210 Å². The van der Waals surface area contributed by atoms with Gasteiger partial charge in [0.25, 0.3) is 0 Å². The van der Waals surface area contributed by atoms with Gasteiger partial charge < -0.3 is 39.9 Å². The molecule has 14 heteroatoms. The summed E-state index contributed by atoms with van der Waals surface area (Å²) in [5.74, 6) is -1.12. The van der Waals surface area contributed by atoms with Crippen LogP contribution >= 0.6 is 7.82 Å². The van der Waals surface area contributed by atoms with Crippen LogP contribution in [-0.4, -0.2) is 98.3 Å². The number of phosphoric ester groups is 1. The molecule has 0 radical (unpaired) electrons. The maximum Gasteiger partial charge on any atom is 0.472 e. The van der Waals surface area contributed by atoms with Crippen molar-refractivity contribution in [1.29, 1.82) is 0 Å². The van der Waals surface area contributed by atoms with Crippen LogP contribution in [0.2, 0.25) is 0 Å². The highest BCUT2D eigenvalue weighted by Gasteiger charge is 2.51. The Bertz CT molecular complexity index is 1180. The fourth-order valence-corrected chi connectivity index (χ4v) is 7.80. The summed E-state index contributed by atoms with van der Waals surface area (Å²) in [5.41, 5.74) is 0. The Morgan fingerprint density at radius 3 is 1.47 bits per heavy atom. The third-order valence-electron chi connectivity index (χ3n) is 10.5. The van der Waals surface area contributed by atoms with Crippen molar-refractivity contribution in [3.05, 3.63) is 36.5 Å². The van der Waals surface area contributed by atoms with Gasteiger partial charge in [-0.2, -0.15) is 0 Å². The highest BCUT2D eigenvalue weighted by Crippen LogP contribution is 2.47. The first kappa shape index (κ1) is 55.1. The Morgan fingerprint density at radius 1 is 0.542 bits per heavy atom. The second-order valence-corrected chi connectivity index (χ2v) is 17.3. The van der Waals surface area contributed by atoms with Crippen LogP contribution in [0.5, 0.6) is 0 Å². The van der Waals surface area contributed by atoms with Crippen LogP contribution < -0.4 is 0 Å². The zero-order valence-corrected chi connectivity index (χ0v) is 37.2. The lowest BCUT2D eigenvalue weighted by atomic mass is 9.85. The molecule has 344 valence electrons. The minimum Gasteiger partial charge on any atom is -0.462 e. The first-order chi connectivity index (χ1) is 28.4. The number of esters is 2.